The van der Waals surface area contributed by atoms with E-state index in [4.69, 9.17) is 0 Å². The van der Waals surface area contributed by atoms with Gasteiger partial charge in [-0.1, -0.05) is 24.3 Å². The first-order valence-corrected chi connectivity index (χ1v) is 8.93. The Morgan fingerprint density at radius 2 is 2.09 bits per heavy atom. The van der Waals surface area contributed by atoms with E-state index < -0.39 is 9.84 Å². The lowest BCUT2D eigenvalue weighted by Gasteiger charge is -2.12. The summed E-state index contributed by atoms with van der Waals surface area (Å²) in [6.07, 6.45) is 2.18. The molecule has 1 atom stereocenters. The van der Waals surface area contributed by atoms with E-state index in [0.717, 1.165) is 16.5 Å². The van der Waals surface area contributed by atoms with Gasteiger partial charge in [-0.25, -0.2) is 13.2 Å². The van der Waals surface area contributed by atoms with E-state index in [9.17, 15) is 13.2 Å². The van der Waals surface area contributed by atoms with Crippen LogP contribution in [0.5, 0.6) is 0 Å². The normalized spacial score (nSPS) is 19.9. The molecule has 1 aliphatic rings. The van der Waals surface area contributed by atoms with Crippen LogP contribution in [-0.4, -0.2) is 37.0 Å². The standard InChI is InChI=1S/C15H17N3O3S/c19-15(18-12-6-8-22(20,21)10-12)17-9-14-13-4-2-1-3-11(13)5-7-16-14/h1-5,7,12H,6,8-10H2,(H2,17,18,19). The van der Waals surface area contributed by atoms with Crippen molar-refractivity contribution >= 4 is 26.6 Å². The molecule has 22 heavy (non-hydrogen) atoms. The van der Waals surface area contributed by atoms with Crippen molar-refractivity contribution in [2.45, 2.75) is 19.0 Å². The molecule has 7 heteroatoms. The lowest BCUT2D eigenvalue weighted by Crippen LogP contribution is -2.42. The zero-order valence-corrected chi connectivity index (χ0v) is 12.8. The molecule has 2 aromatic rings. The van der Waals surface area contributed by atoms with E-state index in [1.165, 1.54) is 0 Å². The van der Waals surface area contributed by atoms with Crippen LogP contribution in [0.3, 0.4) is 0 Å². The van der Waals surface area contributed by atoms with Crippen molar-refractivity contribution < 1.29 is 13.2 Å². The highest BCUT2D eigenvalue weighted by atomic mass is 32.2. The van der Waals surface area contributed by atoms with Crippen LogP contribution in [0.2, 0.25) is 0 Å². The number of hydrogen-bond donors (Lipinski definition) is 2. The van der Waals surface area contributed by atoms with Crippen LogP contribution in [-0.2, 0) is 16.4 Å². The number of aromatic nitrogens is 1. The predicted octanol–water partition coefficient (Wildman–Crippen LogP) is 1.22. The third-order valence-electron chi connectivity index (χ3n) is 3.74. The number of nitrogens with zero attached hydrogens (tertiary/aromatic N) is 1. The number of hydrogen-bond acceptors (Lipinski definition) is 4. The number of carbonyl (C=O) groups is 1. The summed E-state index contributed by atoms with van der Waals surface area (Å²) in [6.45, 7) is 0.298. The summed E-state index contributed by atoms with van der Waals surface area (Å²) in [5, 5.41) is 7.49. The molecule has 3 rings (SSSR count). The molecule has 0 radical (unpaired) electrons. The quantitative estimate of drug-likeness (QED) is 0.890. The fourth-order valence-electron chi connectivity index (χ4n) is 2.63. The Bertz CT molecular complexity index is 799. The number of carbonyl (C=O) groups excluding carboxylic acids is 1. The largest absolute Gasteiger partial charge is 0.334 e. The molecule has 2 amide bonds. The summed E-state index contributed by atoms with van der Waals surface area (Å²) in [7, 11) is -2.99. The van der Waals surface area contributed by atoms with Crippen molar-refractivity contribution in [1.29, 1.82) is 0 Å². The number of amides is 2. The van der Waals surface area contributed by atoms with Gasteiger partial charge in [-0.3, -0.25) is 4.98 Å². The summed E-state index contributed by atoms with van der Waals surface area (Å²) < 4.78 is 22.7. The van der Waals surface area contributed by atoms with Gasteiger partial charge in [0, 0.05) is 17.6 Å². The van der Waals surface area contributed by atoms with Gasteiger partial charge in [0.25, 0.3) is 0 Å². The average Bonchev–Trinajstić information content (AvgIpc) is 2.84. The highest BCUT2D eigenvalue weighted by Gasteiger charge is 2.28. The first-order chi connectivity index (χ1) is 10.5. The molecule has 0 aliphatic carbocycles. The van der Waals surface area contributed by atoms with Crippen molar-refractivity contribution in [1.82, 2.24) is 15.6 Å². The average molecular weight is 319 g/mol. The summed E-state index contributed by atoms with van der Waals surface area (Å²) in [5.41, 5.74) is 0.785. The maximum atomic E-state index is 11.9. The van der Waals surface area contributed by atoms with Gasteiger partial charge >= 0.3 is 6.03 Å². The Kier molecular flexibility index (Phi) is 3.98. The van der Waals surface area contributed by atoms with Crippen LogP contribution in [0.25, 0.3) is 10.8 Å². The maximum Gasteiger partial charge on any atom is 0.315 e. The molecule has 1 fully saturated rings. The molecule has 1 aromatic carbocycles. The second kappa shape index (κ2) is 5.92. The second-order valence-electron chi connectivity index (χ2n) is 5.41. The highest BCUT2D eigenvalue weighted by Crippen LogP contribution is 2.16. The van der Waals surface area contributed by atoms with Gasteiger partial charge in [-0.05, 0) is 17.9 Å². The topological polar surface area (TPSA) is 88.2 Å². The van der Waals surface area contributed by atoms with E-state index in [-0.39, 0.29) is 23.6 Å². The van der Waals surface area contributed by atoms with Crippen LogP contribution in [0.4, 0.5) is 4.79 Å². The van der Waals surface area contributed by atoms with Gasteiger partial charge in [0.05, 0.1) is 23.7 Å². The van der Waals surface area contributed by atoms with Gasteiger partial charge < -0.3 is 10.6 Å². The number of rotatable bonds is 3. The molecular weight excluding hydrogens is 302 g/mol. The van der Waals surface area contributed by atoms with Gasteiger partial charge in [-0.2, -0.15) is 0 Å². The molecule has 1 aromatic heterocycles. The molecule has 1 aliphatic heterocycles. The number of pyridine rings is 1. The molecule has 1 unspecified atom stereocenters. The fraction of sp³-hybridized carbons (Fsp3) is 0.333. The minimum atomic E-state index is -2.99. The molecule has 6 nitrogen and oxygen atoms in total. The Labute approximate surface area is 128 Å². The molecule has 116 valence electrons. The van der Waals surface area contributed by atoms with Crippen LogP contribution in [0.1, 0.15) is 12.1 Å². The molecule has 0 saturated carbocycles. The van der Waals surface area contributed by atoms with E-state index >= 15 is 0 Å². The van der Waals surface area contributed by atoms with Crippen molar-refractivity contribution in [2.24, 2.45) is 0 Å². The Hall–Kier alpha value is -2.15. The Balaban J connectivity index is 1.61. The van der Waals surface area contributed by atoms with E-state index in [1.807, 2.05) is 30.3 Å². The van der Waals surface area contributed by atoms with Crippen molar-refractivity contribution in [3.05, 3.63) is 42.2 Å². The second-order valence-corrected chi connectivity index (χ2v) is 7.63. The number of nitrogens with one attached hydrogen (secondary N) is 2. The number of fused-ring (bicyclic) bond motifs is 1. The molecule has 2 heterocycles. The zero-order valence-electron chi connectivity index (χ0n) is 12.0. The predicted molar refractivity (Wildman–Crippen MR) is 84.2 cm³/mol. The Morgan fingerprint density at radius 1 is 1.27 bits per heavy atom. The summed E-state index contributed by atoms with van der Waals surface area (Å²) in [5.74, 6) is 0.162. The van der Waals surface area contributed by atoms with Gasteiger partial charge in [-0.15, -0.1) is 0 Å². The first-order valence-electron chi connectivity index (χ1n) is 7.11. The molecular formula is C15H17N3O3S. The Morgan fingerprint density at radius 3 is 2.86 bits per heavy atom. The minimum absolute atomic E-state index is 0.0208. The molecule has 0 bridgehead atoms. The third-order valence-corrected chi connectivity index (χ3v) is 5.51. The number of benzene rings is 1. The van der Waals surface area contributed by atoms with Crippen LogP contribution in [0.15, 0.2) is 36.5 Å². The van der Waals surface area contributed by atoms with E-state index in [2.05, 4.69) is 15.6 Å². The van der Waals surface area contributed by atoms with Gasteiger partial charge in [0.2, 0.25) is 0 Å². The smallest absolute Gasteiger partial charge is 0.315 e. The number of sulfone groups is 1. The van der Waals surface area contributed by atoms with Crippen molar-refractivity contribution in [2.75, 3.05) is 11.5 Å². The van der Waals surface area contributed by atoms with Crippen LogP contribution < -0.4 is 10.6 Å². The summed E-state index contributed by atoms with van der Waals surface area (Å²) >= 11 is 0. The maximum absolute atomic E-state index is 11.9. The van der Waals surface area contributed by atoms with Crippen molar-refractivity contribution in [3.63, 3.8) is 0 Å². The zero-order chi connectivity index (χ0) is 15.6. The summed E-state index contributed by atoms with van der Waals surface area (Å²) in [4.78, 5) is 16.2. The third kappa shape index (κ3) is 3.36. The molecule has 1 saturated heterocycles. The van der Waals surface area contributed by atoms with Gasteiger partial charge in [0.1, 0.15) is 0 Å². The minimum Gasteiger partial charge on any atom is -0.334 e. The van der Waals surface area contributed by atoms with Crippen molar-refractivity contribution in [3.8, 4) is 0 Å². The first kappa shape index (κ1) is 14.8. The SMILES string of the molecule is O=C(NCc1nccc2ccccc12)NC1CCS(=O)(=O)C1. The lowest BCUT2D eigenvalue weighted by molar-refractivity contribution is 0.237. The van der Waals surface area contributed by atoms with Crippen LogP contribution >= 0.6 is 0 Å². The summed E-state index contributed by atoms with van der Waals surface area (Å²) in [6, 6.07) is 9.08. The van der Waals surface area contributed by atoms with Crippen LogP contribution in [0, 0.1) is 0 Å². The van der Waals surface area contributed by atoms with Gasteiger partial charge in [0.15, 0.2) is 9.84 Å². The lowest BCUT2D eigenvalue weighted by atomic mass is 10.1. The molecule has 2 N–H and O–H groups in total. The fourth-order valence-corrected chi connectivity index (χ4v) is 4.31. The highest BCUT2D eigenvalue weighted by molar-refractivity contribution is 7.91. The molecule has 0 spiro atoms. The van der Waals surface area contributed by atoms with E-state index in [1.54, 1.807) is 6.20 Å². The van der Waals surface area contributed by atoms with E-state index in [0.29, 0.717) is 13.0 Å². The number of urea groups is 1. The monoisotopic (exact) mass is 319 g/mol.